The van der Waals surface area contributed by atoms with Gasteiger partial charge in [-0.2, -0.15) is 4.98 Å². The van der Waals surface area contributed by atoms with Crippen molar-refractivity contribution < 1.29 is 9.84 Å². The lowest BCUT2D eigenvalue weighted by Gasteiger charge is -2.16. The van der Waals surface area contributed by atoms with Gasteiger partial charge in [-0.1, -0.05) is 13.3 Å². The average Bonchev–Trinajstić information content (AvgIpc) is 3.16. The summed E-state index contributed by atoms with van der Waals surface area (Å²) in [7, 11) is 0. The highest BCUT2D eigenvalue weighted by atomic mass is 16.5. The molecule has 0 bridgehead atoms. The Morgan fingerprint density at radius 1 is 1.59 bits per heavy atom. The van der Waals surface area contributed by atoms with Gasteiger partial charge in [0.05, 0.1) is 18.5 Å². The van der Waals surface area contributed by atoms with Gasteiger partial charge in [-0.3, -0.25) is 0 Å². The van der Waals surface area contributed by atoms with Crippen LogP contribution in [0.25, 0.3) is 5.65 Å². The smallest absolute Gasteiger partial charge is 0.336 e. The molecule has 1 saturated heterocycles. The summed E-state index contributed by atoms with van der Waals surface area (Å²) in [4.78, 5) is 8.34. The van der Waals surface area contributed by atoms with Crippen molar-refractivity contribution in [3.8, 4) is 6.01 Å². The normalized spacial score (nSPS) is 19.6. The van der Waals surface area contributed by atoms with Gasteiger partial charge in [0.2, 0.25) is 0 Å². The minimum absolute atomic E-state index is 0.153. The first kappa shape index (κ1) is 15.0. The molecule has 22 heavy (non-hydrogen) atoms. The van der Waals surface area contributed by atoms with Crippen LogP contribution in [-0.4, -0.2) is 44.4 Å². The Hall–Kier alpha value is -1.93. The molecule has 8 heteroatoms. The first-order valence-electron chi connectivity index (χ1n) is 7.73. The summed E-state index contributed by atoms with van der Waals surface area (Å²) in [5.74, 6) is 0.407. The monoisotopic (exact) mass is 306 g/mol. The molecule has 1 fully saturated rings. The highest BCUT2D eigenvalue weighted by molar-refractivity contribution is 5.59. The average molecular weight is 306 g/mol. The molecule has 0 aliphatic carbocycles. The van der Waals surface area contributed by atoms with Crippen molar-refractivity contribution in [3.05, 3.63) is 11.9 Å². The van der Waals surface area contributed by atoms with Crippen molar-refractivity contribution in [2.75, 3.05) is 25.4 Å². The minimum Gasteiger partial charge on any atom is -0.462 e. The van der Waals surface area contributed by atoms with E-state index in [1.165, 1.54) is 0 Å². The van der Waals surface area contributed by atoms with E-state index in [9.17, 15) is 5.11 Å². The standard InChI is InChI=1S/C14H22N6O2/c1-2-3-6-22-14-18-12(15)13-17-8-10(20(13)19-14)11(21)9-4-5-16-7-9/h8-9,11,16,21H,2-7H2,1H3,(H2,15,18,19). The van der Waals surface area contributed by atoms with Crippen LogP contribution in [0, 0.1) is 5.92 Å². The van der Waals surface area contributed by atoms with Crippen LogP contribution >= 0.6 is 0 Å². The van der Waals surface area contributed by atoms with Gasteiger partial charge in [-0.05, 0) is 19.4 Å². The molecule has 1 aliphatic rings. The maximum atomic E-state index is 10.6. The molecule has 120 valence electrons. The second-order valence-electron chi connectivity index (χ2n) is 5.60. The quantitative estimate of drug-likeness (QED) is 0.667. The number of nitrogens with one attached hydrogen (secondary N) is 1. The van der Waals surface area contributed by atoms with E-state index < -0.39 is 6.10 Å². The summed E-state index contributed by atoms with van der Waals surface area (Å²) in [6, 6.07) is 0.217. The van der Waals surface area contributed by atoms with E-state index in [0.29, 0.717) is 17.9 Å². The Labute approximate surface area is 128 Å². The summed E-state index contributed by atoms with van der Waals surface area (Å²) >= 11 is 0. The highest BCUT2D eigenvalue weighted by Gasteiger charge is 2.27. The van der Waals surface area contributed by atoms with Gasteiger partial charge in [0, 0.05) is 12.5 Å². The molecule has 2 aromatic rings. The molecule has 2 aromatic heterocycles. The number of aromatic nitrogens is 4. The van der Waals surface area contributed by atoms with Gasteiger partial charge in [-0.15, -0.1) is 5.10 Å². The number of imidazole rings is 1. The predicted octanol–water partition coefficient (Wildman–Crippen LogP) is 0.528. The summed E-state index contributed by atoms with van der Waals surface area (Å²) in [6.07, 6.45) is 3.85. The van der Waals surface area contributed by atoms with Crippen LogP contribution in [0.1, 0.15) is 38.0 Å². The maximum Gasteiger partial charge on any atom is 0.336 e. The number of nitrogens with zero attached hydrogens (tertiary/aromatic N) is 4. The van der Waals surface area contributed by atoms with Gasteiger partial charge >= 0.3 is 6.01 Å². The number of unbranched alkanes of at least 4 members (excludes halogenated alkanes) is 1. The molecule has 0 amide bonds. The van der Waals surface area contributed by atoms with Gasteiger partial charge < -0.3 is 20.9 Å². The topological polar surface area (TPSA) is 111 Å². The lowest BCUT2D eigenvalue weighted by molar-refractivity contribution is 0.111. The van der Waals surface area contributed by atoms with Crippen LogP contribution in [0.5, 0.6) is 6.01 Å². The molecule has 2 unspecified atom stereocenters. The lowest BCUT2D eigenvalue weighted by atomic mass is 10.00. The number of aliphatic hydroxyl groups excluding tert-OH is 1. The zero-order chi connectivity index (χ0) is 15.5. The number of hydrogen-bond donors (Lipinski definition) is 3. The number of anilines is 1. The molecule has 3 rings (SSSR count). The predicted molar refractivity (Wildman–Crippen MR) is 81.5 cm³/mol. The SMILES string of the molecule is CCCCOc1nc(N)c2ncc(C(O)C3CCNC3)n2n1. The maximum absolute atomic E-state index is 10.6. The van der Waals surface area contributed by atoms with Crippen LogP contribution in [0.3, 0.4) is 0 Å². The van der Waals surface area contributed by atoms with Crippen LogP contribution in [0.4, 0.5) is 5.82 Å². The number of rotatable bonds is 6. The van der Waals surface area contributed by atoms with Crippen LogP contribution < -0.4 is 15.8 Å². The second kappa shape index (κ2) is 6.45. The first-order valence-corrected chi connectivity index (χ1v) is 7.73. The van der Waals surface area contributed by atoms with E-state index in [1.807, 2.05) is 0 Å². The molecule has 0 saturated carbocycles. The fraction of sp³-hybridized carbons (Fsp3) is 0.643. The molecule has 0 radical (unpaired) electrons. The molecule has 8 nitrogen and oxygen atoms in total. The number of ether oxygens (including phenoxy) is 1. The fourth-order valence-corrected chi connectivity index (χ4v) is 2.66. The largest absolute Gasteiger partial charge is 0.462 e. The molecular weight excluding hydrogens is 284 g/mol. The van der Waals surface area contributed by atoms with Gasteiger partial charge in [-0.25, -0.2) is 9.50 Å². The molecule has 1 aliphatic heterocycles. The summed E-state index contributed by atoms with van der Waals surface area (Å²) in [5.41, 5.74) is 6.99. The van der Waals surface area contributed by atoms with Gasteiger partial charge in [0.1, 0.15) is 6.10 Å². The van der Waals surface area contributed by atoms with E-state index >= 15 is 0 Å². The van der Waals surface area contributed by atoms with Crippen molar-refractivity contribution >= 4 is 11.5 Å². The molecule has 2 atom stereocenters. The third-order valence-corrected chi connectivity index (χ3v) is 3.97. The minimum atomic E-state index is -0.636. The molecule has 4 N–H and O–H groups in total. The van der Waals surface area contributed by atoms with Crippen molar-refractivity contribution in [3.63, 3.8) is 0 Å². The highest BCUT2D eigenvalue weighted by Crippen LogP contribution is 2.28. The number of aliphatic hydroxyl groups is 1. The third-order valence-electron chi connectivity index (χ3n) is 3.97. The Balaban J connectivity index is 1.90. The van der Waals surface area contributed by atoms with E-state index in [-0.39, 0.29) is 17.7 Å². The lowest BCUT2D eigenvalue weighted by Crippen LogP contribution is -2.18. The van der Waals surface area contributed by atoms with Crippen molar-refractivity contribution in [2.24, 2.45) is 5.92 Å². The van der Waals surface area contributed by atoms with Crippen LogP contribution in [-0.2, 0) is 0 Å². The molecule has 0 spiro atoms. The molecular formula is C14H22N6O2. The van der Waals surface area contributed by atoms with Crippen molar-refractivity contribution in [1.29, 1.82) is 0 Å². The van der Waals surface area contributed by atoms with E-state index in [0.717, 1.165) is 32.4 Å². The Kier molecular flexibility index (Phi) is 4.39. The Bertz CT molecular complexity index is 638. The summed E-state index contributed by atoms with van der Waals surface area (Å²) in [5, 5.41) is 18.1. The zero-order valence-corrected chi connectivity index (χ0v) is 12.7. The van der Waals surface area contributed by atoms with Crippen molar-refractivity contribution in [2.45, 2.75) is 32.3 Å². The van der Waals surface area contributed by atoms with Crippen LogP contribution in [0.15, 0.2) is 6.20 Å². The van der Waals surface area contributed by atoms with Crippen molar-refractivity contribution in [1.82, 2.24) is 24.9 Å². The fourth-order valence-electron chi connectivity index (χ4n) is 2.66. The van der Waals surface area contributed by atoms with E-state index in [4.69, 9.17) is 10.5 Å². The number of fused-ring (bicyclic) bond motifs is 1. The first-order chi connectivity index (χ1) is 10.7. The molecule has 0 aromatic carbocycles. The zero-order valence-electron chi connectivity index (χ0n) is 12.7. The molecule has 3 heterocycles. The third kappa shape index (κ3) is 2.84. The summed E-state index contributed by atoms with van der Waals surface area (Å²) in [6.45, 7) is 4.33. The van der Waals surface area contributed by atoms with Gasteiger partial charge in [0.15, 0.2) is 11.5 Å². The second-order valence-corrected chi connectivity index (χ2v) is 5.60. The Morgan fingerprint density at radius 2 is 2.45 bits per heavy atom. The number of nitrogen functional groups attached to an aromatic ring is 1. The van der Waals surface area contributed by atoms with Crippen LogP contribution in [0.2, 0.25) is 0 Å². The van der Waals surface area contributed by atoms with Gasteiger partial charge in [0.25, 0.3) is 0 Å². The summed E-state index contributed by atoms with van der Waals surface area (Å²) < 4.78 is 7.07. The van der Waals surface area contributed by atoms with E-state index in [1.54, 1.807) is 10.7 Å². The Morgan fingerprint density at radius 3 is 3.18 bits per heavy atom. The number of hydrogen-bond acceptors (Lipinski definition) is 7. The van der Waals surface area contributed by atoms with E-state index in [2.05, 4.69) is 27.3 Å². The number of nitrogens with two attached hydrogens (primary N) is 1.